The van der Waals surface area contributed by atoms with Gasteiger partial charge in [0.15, 0.2) is 5.76 Å². The first-order chi connectivity index (χ1) is 11.6. The lowest BCUT2D eigenvalue weighted by Gasteiger charge is -2.23. The van der Waals surface area contributed by atoms with E-state index in [1.165, 1.54) is 31.7 Å². The van der Waals surface area contributed by atoms with Crippen molar-refractivity contribution in [3.05, 3.63) is 23.2 Å². The zero-order chi connectivity index (χ0) is 17.5. The molecule has 6 heteroatoms. The maximum Gasteiger partial charge on any atom is 0.339 e. The third kappa shape index (κ3) is 4.60. The maximum absolute atomic E-state index is 12.2. The number of ether oxygens (including phenoxy) is 1. The number of carboxylic acid groups (broad SMARTS) is 1. The Morgan fingerprint density at radius 2 is 2.08 bits per heavy atom. The Hall–Kier alpha value is -1.82. The highest BCUT2D eigenvalue weighted by Gasteiger charge is 2.25. The molecule has 0 spiro atoms. The maximum atomic E-state index is 12.2. The van der Waals surface area contributed by atoms with Crippen LogP contribution in [-0.4, -0.2) is 36.2 Å². The summed E-state index contributed by atoms with van der Waals surface area (Å²) in [6, 6.07) is 1.30. The van der Waals surface area contributed by atoms with Gasteiger partial charge in [-0.25, -0.2) is 4.79 Å². The fourth-order valence-electron chi connectivity index (χ4n) is 3.40. The molecule has 0 radical (unpaired) electrons. The first-order valence-electron chi connectivity index (χ1n) is 8.82. The van der Waals surface area contributed by atoms with Gasteiger partial charge in [0, 0.05) is 25.6 Å². The Kier molecular flexibility index (Phi) is 6.85. The molecule has 2 rings (SSSR count). The monoisotopic (exact) mass is 337 g/mol. The fourth-order valence-corrected chi connectivity index (χ4v) is 3.40. The Morgan fingerprint density at radius 3 is 2.62 bits per heavy atom. The van der Waals surface area contributed by atoms with E-state index in [1.807, 2.05) is 6.92 Å². The van der Waals surface area contributed by atoms with Crippen molar-refractivity contribution in [1.82, 2.24) is 5.32 Å². The van der Waals surface area contributed by atoms with Crippen molar-refractivity contribution in [2.75, 3.05) is 13.2 Å². The number of carbonyl (C=O) groups excluding carboxylic acids is 1. The first-order valence-corrected chi connectivity index (χ1v) is 8.82. The molecular weight excluding hydrogens is 310 g/mol. The van der Waals surface area contributed by atoms with Crippen LogP contribution in [0, 0.1) is 5.92 Å². The van der Waals surface area contributed by atoms with Crippen molar-refractivity contribution in [3.63, 3.8) is 0 Å². The summed E-state index contributed by atoms with van der Waals surface area (Å²) in [5.74, 6) is -0.495. The number of carboxylic acids is 1. The molecule has 6 nitrogen and oxygen atoms in total. The molecule has 1 aromatic heterocycles. The number of aryl methyl sites for hydroxylation is 1. The van der Waals surface area contributed by atoms with Gasteiger partial charge in [0.2, 0.25) is 0 Å². The van der Waals surface area contributed by atoms with Crippen LogP contribution in [0.2, 0.25) is 0 Å². The highest BCUT2D eigenvalue weighted by atomic mass is 16.5. The van der Waals surface area contributed by atoms with Crippen LogP contribution in [0.15, 0.2) is 10.5 Å². The minimum Gasteiger partial charge on any atom is -0.478 e. The van der Waals surface area contributed by atoms with Crippen LogP contribution in [0.5, 0.6) is 0 Å². The summed E-state index contributed by atoms with van der Waals surface area (Å²) in [6.45, 7) is 4.95. The number of furan rings is 1. The van der Waals surface area contributed by atoms with Gasteiger partial charge >= 0.3 is 5.97 Å². The summed E-state index contributed by atoms with van der Waals surface area (Å²) in [7, 11) is 0. The Labute approximate surface area is 142 Å². The third-order valence-electron chi connectivity index (χ3n) is 4.61. The van der Waals surface area contributed by atoms with Gasteiger partial charge in [-0.15, -0.1) is 0 Å². The average molecular weight is 337 g/mol. The molecule has 1 amide bonds. The lowest BCUT2D eigenvalue weighted by atomic mass is 9.98. The topological polar surface area (TPSA) is 88.8 Å². The van der Waals surface area contributed by atoms with Gasteiger partial charge in [-0.2, -0.15) is 0 Å². The third-order valence-corrected chi connectivity index (χ3v) is 4.61. The van der Waals surface area contributed by atoms with Gasteiger partial charge in [0.25, 0.3) is 5.91 Å². The number of amides is 1. The van der Waals surface area contributed by atoms with Crippen LogP contribution in [-0.2, 0) is 11.2 Å². The van der Waals surface area contributed by atoms with Gasteiger partial charge < -0.3 is 19.6 Å². The lowest BCUT2D eigenvalue weighted by Crippen LogP contribution is -2.30. The minimum absolute atomic E-state index is 0.0538. The number of rotatable bonds is 9. The number of aromatic carboxylic acids is 1. The molecule has 1 unspecified atom stereocenters. The summed E-state index contributed by atoms with van der Waals surface area (Å²) >= 11 is 0. The molecule has 0 aromatic carbocycles. The van der Waals surface area contributed by atoms with E-state index in [1.54, 1.807) is 6.92 Å². The van der Waals surface area contributed by atoms with Gasteiger partial charge in [-0.3, -0.25) is 4.79 Å². The van der Waals surface area contributed by atoms with E-state index < -0.39 is 5.97 Å². The van der Waals surface area contributed by atoms with Crippen molar-refractivity contribution in [2.24, 2.45) is 5.92 Å². The quantitative estimate of drug-likeness (QED) is 0.722. The zero-order valence-corrected chi connectivity index (χ0v) is 14.5. The Balaban J connectivity index is 1.88. The second kappa shape index (κ2) is 8.87. The van der Waals surface area contributed by atoms with E-state index in [4.69, 9.17) is 14.3 Å². The van der Waals surface area contributed by atoms with Crippen LogP contribution in [0.4, 0.5) is 0 Å². The van der Waals surface area contributed by atoms with Gasteiger partial charge in [-0.1, -0.05) is 19.8 Å². The van der Waals surface area contributed by atoms with Gasteiger partial charge in [0.05, 0.1) is 6.10 Å². The molecule has 0 bridgehead atoms. The summed E-state index contributed by atoms with van der Waals surface area (Å²) in [5.41, 5.74) is 0.0563. The van der Waals surface area contributed by atoms with Crippen LogP contribution in [0.25, 0.3) is 0 Å². The molecule has 1 aliphatic carbocycles. The second-order valence-corrected chi connectivity index (χ2v) is 6.19. The fraction of sp³-hybridized carbons (Fsp3) is 0.667. The molecular formula is C18H27NO5. The van der Waals surface area contributed by atoms with Crippen molar-refractivity contribution in [3.8, 4) is 0 Å². The minimum atomic E-state index is -1.08. The van der Waals surface area contributed by atoms with Crippen molar-refractivity contribution >= 4 is 11.9 Å². The van der Waals surface area contributed by atoms with E-state index >= 15 is 0 Å². The summed E-state index contributed by atoms with van der Waals surface area (Å²) in [6.07, 6.45) is 6.27. The Bertz CT molecular complexity index is 560. The molecule has 1 fully saturated rings. The largest absolute Gasteiger partial charge is 0.478 e. The molecule has 1 heterocycles. The second-order valence-electron chi connectivity index (χ2n) is 6.19. The summed E-state index contributed by atoms with van der Waals surface area (Å²) in [4.78, 5) is 23.3. The number of nitrogens with one attached hydrogen (secondary N) is 1. The molecule has 1 saturated carbocycles. The van der Waals surface area contributed by atoms with Crippen molar-refractivity contribution in [1.29, 1.82) is 0 Å². The van der Waals surface area contributed by atoms with Gasteiger partial charge in [-0.05, 0) is 32.1 Å². The lowest BCUT2D eigenvalue weighted by molar-refractivity contribution is 0.0163. The smallest absolute Gasteiger partial charge is 0.339 e. The standard InChI is InChI=1S/C18H27NO5/c1-3-14-13(18(21)22)11-16(24-14)17(20)19-10-9-15(23-4-2)12-7-5-6-8-12/h11-12,15H,3-10H2,1-2H3,(H,19,20)(H,21,22). The van der Waals surface area contributed by atoms with Crippen LogP contribution in [0.3, 0.4) is 0 Å². The first kappa shape index (κ1) is 18.5. The summed E-state index contributed by atoms with van der Waals surface area (Å²) in [5, 5.41) is 11.9. The van der Waals surface area contributed by atoms with Crippen molar-refractivity contribution < 1.29 is 23.8 Å². The highest BCUT2D eigenvalue weighted by molar-refractivity contribution is 5.96. The normalized spacial score (nSPS) is 16.2. The highest BCUT2D eigenvalue weighted by Crippen LogP contribution is 2.30. The molecule has 0 aliphatic heterocycles. The Morgan fingerprint density at radius 1 is 1.38 bits per heavy atom. The van der Waals surface area contributed by atoms with Crippen LogP contribution < -0.4 is 5.32 Å². The predicted octanol–water partition coefficient (Wildman–Crippen LogP) is 3.26. The van der Waals surface area contributed by atoms with E-state index in [2.05, 4.69) is 5.32 Å². The predicted molar refractivity (Wildman–Crippen MR) is 89.4 cm³/mol. The molecule has 1 aromatic rings. The van der Waals surface area contributed by atoms with E-state index in [0.29, 0.717) is 31.3 Å². The zero-order valence-electron chi connectivity index (χ0n) is 14.5. The number of hydrogen-bond donors (Lipinski definition) is 2. The van der Waals surface area contributed by atoms with E-state index in [9.17, 15) is 9.59 Å². The molecule has 134 valence electrons. The molecule has 0 saturated heterocycles. The molecule has 2 N–H and O–H groups in total. The number of carbonyl (C=O) groups is 2. The number of hydrogen-bond acceptors (Lipinski definition) is 4. The van der Waals surface area contributed by atoms with E-state index in [-0.39, 0.29) is 23.3 Å². The molecule has 1 aliphatic rings. The average Bonchev–Trinajstić information content (AvgIpc) is 3.23. The SMILES string of the molecule is CCOC(CCNC(=O)c1cc(C(=O)O)c(CC)o1)C1CCCC1. The van der Waals surface area contributed by atoms with E-state index in [0.717, 1.165) is 6.42 Å². The van der Waals surface area contributed by atoms with Gasteiger partial charge in [0.1, 0.15) is 11.3 Å². The van der Waals surface area contributed by atoms with Crippen molar-refractivity contribution in [2.45, 2.75) is 58.5 Å². The van der Waals surface area contributed by atoms with Crippen LogP contribution in [0.1, 0.15) is 72.6 Å². The summed E-state index contributed by atoms with van der Waals surface area (Å²) < 4.78 is 11.2. The molecule has 24 heavy (non-hydrogen) atoms. The van der Waals surface area contributed by atoms with Crippen LogP contribution >= 0.6 is 0 Å². The molecule has 1 atom stereocenters.